The summed E-state index contributed by atoms with van der Waals surface area (Å²) in [5.74, 6) is -0.117. The van der Waals surface area contributed by atoms with Crippen molar-refractivity contribution in [2.75, 3.05) is 7.05 Å². The van der Waals surface area contributed by atoms with E-state index in [1.165, 1.54) is 0 Å². The van der Waals surface area contributed by atoms with Gasteiger partial charge in [-0.25, -0.2) is 4.98 Å². The highest BCUT2D eigenvalue weighted by Gasteiger charge is 2.11. The van der Waals surface area contributed by atoms with Crippen molar-refractivity contribution in [3.05, 3.63) is 57.9 Å². The van der Waals surface area contributed by atoms with Crippen molar-refractivity contribution in [1.29, 1.82) is 5.26 Å². The van der Waals surface area contributed by atoms with Crippen LogP contribution in [0.1, 0.15) is 30.0 Å². The second-order valence-corrected chi connectivity index (χ2v) is 5.71. The van der Waals surface area contributed by atoms with Crippen molar-refractivity contribution < 1.29 is 4.79 Å². The quantitative estimate of drug-likeness (QED) is 0.673. The SMILES string of the molecule is CC/C(=C\c1cc(C#N)cc(-c2ccc(Cl)nc2)c1C)C(=O)NC. The van der Waals surface area contributed by atoms with Crippen LogP contribution in [0.4, 0.5) is 0 Å². The summed E-state index contributed by atoms with van der Waals surface area (Å²) < 4.78 is 0. The van der Waals surface area contributed by atoms with Crippen molar-refractivity contribution in [3.63, 3.8) is 0 Å². The van der Waals surface area contributed by atoms with Gasteiger partial charge in [0.2, 0.25) is 5.91 Å². The molecular weight excluding hydrogens is 322 g/mol. The number of carbonyl (C=O) groups is 1. The van der Waals surface area contributed by atoms with Gasteiger partial charge in [0.05, 0.1) is 11.6 Å². The number of halogens is 1. The fraction of sp³-hybridized carbons (Fsp3) is 0.211. The largest absolute Gasteiger partial charge is 0.355 e. The van der Waals surface area contributed by atoms with Gasteiger partial charge in [-0.1, -0.05) is 18.5 Å². The van der Waals surface area contributed by atoms with Gasteiger partial charge in [0.15, 0.2) is 0 Å². The normalized spacial score (nSPS) is 11.0. The standard InChI is InChI=1S/C19H18ClN3O/c1-4-14(19(24)22-3)9-16-7-13(10-21)8-17(12(16)2)15-5-6-18(20)23-11-15/h5-9,11H,4H2,1-3H3,(H,22,24)/b14-9+. The van der Waals surface area contributed by atoms with E-state index < -0.39 is 0 Å². The summed E-state index contributed by atoms with van der Waals surface area (Å²) in [6.07, 6.45) is 4.12. The molecule has 1 N–H and O–H groups in total. The Hall–Kier alpha value is -2.64. The molecule has 0 aliphatic rings. The van der Waals surface area contributed by atoms with Crippen molar-refractivity contribution in [3.8, 4) is 17.2 Å². The number of carbonyl (C=O) groups excluding carboxylic acids is 1. The van der Waals surface area contributed by atoms with Crippen molar-refractivity contribution in [1.82, 2.24) is 10.3 Å². The minimum Gasteiger partial charge on any atom is -0.355 e. The van der Waals surface area contributed by atoms with E-state index in [9.17, 15) is 10.1 Å². The summed E-state index contributed by atoms with van der Waals surface area (Å²) in [7, 11) is 1.61. The number of likely N-dealkylation sites (N-methyl/N-ethyl adjacent to an activating group) is 1. The van der Waals surface area contributed by atoms with Gasteiger partial charge in [0.25, 0.3) is 0 Å². The van der Waals surface area contributed by atoms with Gasteiger partial charge in [-0.2, -0.15) is 5.26 Å². The zero-order valence-electron chi connectivity index (χ0n) is 13.9. The first-order chi connectivity index (χ1) is 11.5. The lowest BCUT2D eigenvalue weighted by molar-refractivity contribution is -0.117. The maximum absolute atomic E-state index is 11.9. The average Bonchev–Trinajstić information content (AvgIpc) is 2.61. The van der Waals surface area contributed by atoms with Gasteiger partial charge in [-0.3, -0.25) is 4.79 Å². The Morgan fingerprint density at radius 1 is 1.42 bits per heavy atom. The third-order valence-corrected chi connectivity index (χ3v) is 4.07. The predicted molar refractivity (Wildman–Crippen MR) is 96.5 cm³/mol. The molecular formula is C19H18ClN3O. The van der Waals surface area contributed by atoms with E-state index in [1.54, 1.807) is 25.4 Å². The maximum Gasteiger partial charge on any atom is 0.246 e. The van der Waals surface area contributed by atoms with Crippen LogP contribution in [0.25, 0.3) is 17.2 Å². The fourth-order valence-electron chi connectivity index (χ4n) is 2.46. The minimum atomic E-state index is -0.117. The molecule has 0 aliphatic heterocycles. The predicted octanol–water partition coefficient (Wildman–Crippen LogP) is 4.12. The molecule has 0 unspecified atom stereocenters. The number of pyridine rings is 1. The Labute approximate surface area is 146 Å². The molecule has 0 saturated heterocycles. The fourth-order valence-corrected chi connectivity index (χ4v) is 2.57. The lowest BCUT2D eigenvalue weighted by atomic mass is 9.93. The van der Waals surface area contributed by atoms with Crippen LogP contribution in [0, 0.1) is 18.3 Å². The molecule has 24 heavy (non-hydrogen) atoms. The second kappa shape index (κ2) is 7.76. The van der Waals surface area contributed by atoms with Gasteiger partial charge >= 0.3 is 0 Å². The molecule has 1 amide bonds. The lowest BCUT2D eigenvalue weighted by Gasteiger charge is -2.12. The highest BCUT2D eigenvalue weighted by Crippen LogP contribution is 2.29. The van der Waals surface area contributed by atoms with E-state index in [4.69, 9.17) is 11.6 Å². The molecule has 0 radical (unpaired) electrons. The first-order valence-corrected chi connectivity index (χ1v) is 7.97. The summed E-state index contributed by atoms with van der Waals surface area (Å²) in [5.41, 5.74) is 4.80. The number of hydrogen-bond donors (Lipinski definition) is 1. The highest BCUT2D eigenvalue weighted by molar-refractivity contribution is 6.29. The summed E-state index contributed by atoms with van der Waals surface area (Å²) in [6, 6.07) is 9.37. The number of amides is 1. The van der Waals surface area contributed by atoms with E-state index in [0.29, 0.717) is 22.7 Å². The van der Waals surface area contributed by atoms with Crippen LogP contribution in [-0.2, 0) is 4.79 Å². The molecule has 0 saturated carbocycles. The van der Waals surface area contributed by atoms with Gasteiger partial charge in [-0.15, -0.1) is 0 Å². The molecule has 5 heteroatoms. The van der Waals surface area contributed by atoms with Crippen LogP contribution in [0.2, 0.25) is 5.15 Å². The molecule has 2 aromatic rings. The second-order valence-electron chi connectivity index (χ2n) is 5.32. The molecule has 1 heterocycles. The summed E-state index contributed by atoms with van der Waals surface area (Å²) >= 11 is 5.85. The molecule has 4 nitrogen and oxygen atoms in total. The summed E-state index contributed by atoms with van der Waals surface area (Å²) in [5, 5.41) is 12.4. The van der Waals surface area contributed by atoms with Crippen LogP contribution in [0.15, 0.2) is 36.0 Å². The van der Waals surface area contributed by atoms with Gasteiger partial charge in [-0.05, 0) is 60.4 Å². The zero-order chi connectivity index (χ0) is 17.7. The van der Waals surface area contributed by atoms with Gasteiger partial charge < -0.3 is 5.32 Å². The van der Waals surface area contributed by atoms with E-state index >= 15 is 0 Å². The number of aromatic nitrogens is 1. The third-order valence-electron chi connectivity index (χ3n) is 3.84. The van der Waals surface area contributed by atoms with Crippen molar-refractivity contribution >= 4 is 23.6 Å². The summed E-state index contributed by atoms with van der Waals surface area (Å²) in [4.78, 5) is 16.0. The molecule has 0 aliphatic carbocycles. The van der Waals surface area contributed by atoms with Crippen LogP contribution in [0.5, 0.6) is 0 Å². The monoisotopic (exact) mass is 339 g/mol. The molecule has 0 fully saturated rings. The van der Waals surface area contributed by atoms with Gasteiger partial charge in [0.1, 0.15) is 5.15 Å². The topological polar surface area (TPSA) is 65.8 Å². The van der Waals surface area contributed by atoms with E-state index in [2.05, 4.69) is 16.4 Å². The Balaban J connectivity index is 2.64. The number of benzene rings is 1. The first kappa shape index (κ1) is 17.7. The van der Waals surface area contributed by atoms with Crippen molar-refractivity contribution in [2.24, 2.45) is 0 Å². The van der Waals surface area contributed by atoms with Crippen LogP contribution < -0.4 is 5.32 Å². The first-order valence-electron chi connectivity index (χ1n) is 7.59. The number of nitriles is 1. The number of rotatable bonds is 4. The molecule has 1 aromatic heterocycles. The van der Waals surface area contributed by atoms with Crippen LogP contribution in [0.3, 0.4) is 0 Å². The number of nitrogens with zero attached hydrogens (tertiary/aromatic N) is 2. The van der Waals surface area contributed by atoms with Crippen molar-refractivity contribution in [2.45, 2.75) is 20.3 Å². The van der Waals surface area contributed by atoms with E-state index in [0.717, 1.165) is 22.3 Å². The zero-order valence-corrected chi connectivity index (χ0v) is 14.6. The highest BCUT2D eigenvalue weighted by atomic mass is 35.5. The van der Waals surface area contributed by atoms with Crippen LogP contribution >= 0.6 is 11.6 Å². The van der Waals surface area contributed by atoms with Gasteiger partial charge in [0, 0.05) is 24.4 Å². The molecule has 0 atom stereocenters. The Kier molecular flexibility index (Phi) is 5.73. The smallest absolute Gasteiger partial charge is 0.246 e. The Morgan fingerprint density at radius 2 is 2.17 bits per heavy atom. The molecule has 122 valence electrons. The Bertz CT molecular complexity index is 833. The van der Waals surface area contributed by atoms with Crippen LogP contribution in [-0.4, -0.2) is 17.9 Å². The van der Waals surface area contributed by atoms with E-state index in [-0.39, 0.29) is 5.91 Å². The maximum atomic E-state index is 11.9. The summed E-state index contributed by atoms with van der Waals surface area (Å²) in [6.45, 7) is 3.89. The Morgan fingerprint density at radius 3 is 2.71 bits per heavy atom. The number of nitrogens with one attached hydrogen (secondary N) is 1. The average molecular weight is 340 g/mol. The lowest BCUT2D eigenvalue weighted by Crippen LogP contribution is -2.19. The number of hydrogen-bond acceptors (Lipinski definition) is 3. The molecule has 0 spiro atoms. The van der Waals surface area contributed by atoms with E-state index in [1.807, 2.05) is 32.1 Å². The minimum absolute atomic E-state index is 0.117. The molecule has 2 rings (SSSR count). The molecule has 1 aromatic carbocycles. The molecule has 0 bridgehead atoms. The third kappa shape index (κ3) is 3.81.